The lowest BCUT2D eigenvalue weighted by Gasteiger charge is -2.29. The predicted octanol–water partition coefficient (Wildman–Crippen LogP) is 1.70. The number of aliphatic carboxylic acids is 1. The number of rotatable bonds is 3. The normalized spacial score (nSPS) is 33.6. The number of hydrogen-bond donors (Lipinski definition) is 2. The third-order valence-corrected chi connectivity index (χ3v) is 4.29. The molecule has 5 nitrogen and oxygen atoms in total. The molecule has 0 aromatic carbocycles. The van der Waals surface area contributed by atoms with Crippen LogP contribution >= 0.6 is 0 Å². The molecule has 1 aromatic heterocycles. The van der Waals surface area contributed by atoms with Crippen molar-refractivity contribution in [2.45, 2.75) is 32.2 Å². The van der Waals surface area contributed by atoms with Crippen LogP contribution in [0.15, 0.2) is 12.3 Å². The molecule has 2 aliphatic rings. The van der Waals surface area contributed by atoms with Crippen LogP contribution in [0.5, 0.6) is 0 Å². The molecule has 0 radical (unpaired) electrons. The third-order valence-electron chi connectivity index (χ3n) is 4.29. The minimum Gasteiger partial charge on any atom is -0.481 e. The zero-order valence-corrected chi connectivity index (χ0v) is 10.3. The average Bonchev–Trinajstić information content (AvgIpc) is 2.89. The van der Waals surface area contributed by atoms with Crippen LogP contribution in [-0.4, -0.2) is 27.1 Å². The second kappa shape index (κ2) is 4.23. The van der Waals surface area contributed by atoms with Crippen LogP contribution in [0.1, 0.15) is 25.1 Å². The first-order valence-corrected chi connectivity index (χ1v) is 6.44. The Balaban J connectivity index is 1.81. The van der Waals surface area contributed by atoms with Gasteiger partial charge in [-0.2, -0.15) is 0 Å². The van der Waals surface area contributed by atoms with E-state index in [-0.39, 0.29) is 12.0 Å². The maximum Gasteiger partial charge on any atom is 0.308 e. The second-order valence-electron chi connectivity index (χ2n) is 5.36. The molecule has 2 N–H and O–H groups in total. The summed E-state index contributed by atoms with van der Waals surface area (Å²) in [5.41, 5.74) is 0. The lowest BCUT2D eigenvalue weighted by molar-refractivity contribution is -0.143. The van der Waals surface area contributed by atoms with E-state index in [1.54, 1.807) is 12.3 Å². The highest BCUT2D eigenvalue weighted by Crippen LogP contribution is 2.49. The first-order valence-electron chi connectivity index (χ1n) is 6.44. The van der Waals surface area contributed by atoms with Gasteiger partial charge < -0.3 is 10.4 Å². The van der Waals surface area contributed by atoms with Gasteiger partial charge in [0.1, 0.15) is 11.6 Å². The molecular weight excluding hydrogens is 230 g/mol. The number of carboxylic acid groups (broad SMARTS) is 1. The minimum absolute atomic E-state index is 0.0237. The van der Waals surface area contributed by atoms with Crippen molar-refractivity contribution in [2.75, 3.05) is 5.32 Å². The quantitative estimate of drug-likeness (QED) is 0.850. The molecule has 0 amide bonds. The van der Waals surface area contributed by atoms with Crippen LogP contribution in [0.3, 0.4) is 0 Å². The Hall–Kier alpha value is -1.65. The monoisotopic (exact) mass is 247 g/mol. The number of anilines is 1. The number of carbonyl (C=O) groups is 1. The van der Waals surface area contributed by atoms with Crippen LogP contribution in [0.25, 0.3) is 0 Å². The lowest BCUT2D eigenvalue weighted by Crippen LogP contribution is -2.39. The summed E-state index contributed by atoms with van der Waals surface area (Å²) < 4.78 is 0. The molecule has 2 saturated carbocycles. The largest absolute Gasteiger partial charge is 0.481 e. The summed E-state index contributed by atoms with van der Waals surface area (Å²) in [7, 11) is 0. The van der Waals surface area contributed by atoms with Crippen molar-refractivity contribution >= 4 is 11.8 Å². The van der Waals surface area contributed by atoms with Crippen molar-refractivity contribution in [2.24, 2.45) is 17.8 Å². The summed E-state index contributed by atoms with van der Waals surface area (Å²) in [6, 6.07) is 1.83. The van der Waals surface area contributed by atoms with Gasteiger partial charge in [0, 0.05) is 12.2 Å². The molecule has 2 fully saturated rings. The standard InChI is InChI=1S/C13H17N3O2/c1-7-14-5-4-10(15-7)16-12-9-3-2-8(6-9)11(12)13(17)18/h4-5,8-9,11-12H,2-3,6H2,1H3,(H,17,18)(H,14,15,16). The van der Waals surface area contributed by atoms with Crippen LogP contribution < -0.4 is 5.32 Å². The fraction of sp³-hybridized carbons (Fsp3) is 0.615. The van der Waals surface area contributed by atoms with Crippen molar-refractivity contribution in [3.63, 3.8) is 0 Å². The Labute approximate surface area is 106 Å². The van der Waals surface area contributed by atoms with Crippen LogP contribution in [-0.2, 0) is 4.79 Å². The highest BCUT2D eigenvalue weighted by atomic mass is 16.4. The molecule has 4 atom stereocenters. The van der Waals surface area contributed by atoms with Crippen molar-refractivity contribution in [1.82, 2.24) is 9.97 Å². The van der Waals surface area contributed by atoms with Gasteiger partial charge in [0.05, 0.1) is 5.92 Å². The van der Waals surface area contributed by atoms with Crippen LogP contribution in [0.4, 0.5) is 5.82 Å². The van der Waals surface area contributed by atoms with E-state index in [4.69, 9.17) is 0 Å². The van der Waals surface area contributed by atoms with E-state index in [0.29, 0.717) is 17.7 Å². The highest BCUT2D eigenvalue weighted by Gasteiger charge is 2.51. The molecule has 0 aliphatic heterocycles. The van der Waals surface area contributed by atoms with E-state index in [2.05, 4.69) is 15.3 Å². The summed E-state index contributed by atoms with van der Waals surface area (Å²) in [5, 5.41) is 12.7. The Kier molecular flexibility index (Phi) is 2.69. The van der Waals surface area contributed by atoms with Gasteiger partial charge in [-0.3, -0.25) is 4.79 Å². The SMILES string of the molecule is Cc1nccc(NC2C3CCC(C3)C2C(=O)O)n1. The third kappa shape index (κ3) is 1.83. The molecule has 3 rings (SSSR count). The van der Waals surface area contributed by atoms with Gasteiger partial charge in [-0.05, 0) is 44.1 Å². The number of fused-ring (bicyclic) bond motifs is 2. The van der Waals surface area contributed by atoms with E-state index in [0.717, 1.165) is 25.1 Å². The number of aryl methyl sites for hydroxylation is 1. The Morgan fingerprint density at radius 3 is 2.94 bits per heavy atom. The molecule has 5 heteroatoms. The van der Waals surface area contributed by atoms with Gasteiger partial charge in [0.2, 0.25) is 0 Å². The van der Waals surface area contributed by atoms with E-state index < -0.39 is 5.97 Å². The van der Waals surface area contributed by atoms with Gasteiger partial charge in [-0.25, -0.2) is 9.97 Å². The number of carboxylic acids is 1. The second-order valence-corrected chi connectivity index (χ2v) is 5.36. The first-order chi connectivity index (χ1) is 8.65. The fourth-order valence-electron chi connectivity index (χ4n) is 3.56. The van der Waals surface area contributed by atoms with Gasteiger partial charge in [0.25, 0.3) is 0 Å². The number of nitrogens with one attached hydrogen (secondary N) is 1. The number of hydrogen-bond acceptors (Lipinski definition) is 4. The average molecular weight is 247 g/mol. The Bertz CT molecular complexity index is 477. The molecular formula is C13H17N3O2. The summed E-state index contributed by atoms with van der Waals surface area (Å²) >= 11 is 0. The smallest absolute Gasteiger partial charge is 0.308 e. The lowest BCUT2D eigenvalue weighted by atomic mass is 9.84. The van der Waals surface area contributed by atoms with E-state index >= 15 is 0 Å². The first kappa shape index (κ1) is 11.4. The summed E-state index contributed by atoms with van der Waals surface area (Å²) in [5.74, 6) is 1.32. The molecule has 0 spiro atoms. The van der Waals surface area contributed by atoms with Crippen molar-refractivity contribution in [1.29, 1.82) is 0 Å². The minimum atomic E-state index is -0.675. The maximum atomic E-state index is 11.4. The van der Waals surface area contributed by atoms with Gasteiger partial charge >= 0.3 is 5.97 Å². The zero-order valence-electron chi connectivity index (χ0n) is 10.3. The van der Waals surface area contributed by atoms with E-state index in [1.165, 1.54) is 0 Å². The maximum absolute atomic E-state index is 11.4. The summed E-state index contributed by atoms with van der Waals surface area (Å²) in [6.07, 6.45) is 4.94. The van der Waals surface area contributed by atoms with E-state index in [1.807, 2.05) is 6.92 Å². The van der Waals surface area contributed by atoms with Crippen molar-refractivity contribution in [3.05, 3.63) is 18.1 Å². The predicted molar refractivity (Wildman–Crippen MR) is 66.1 cm³/mol. The van der Waals surface area contributed by atoms with Crippen LogP contribution in [0, 0.1) is 24.7 Å². The molecule has 2 aliphatic carbocycles. The zero-order chi connectivity index (χ0) is 12.7. The Morgan fingerprint density at radius 1 is 1.44 bits per heavy atom. The number of aromatic nitrogens is 2. The number of nitrogens with zero attached hydrogens (tertiary/aromatic N) is 2. The molecule has 1 heterocycles. The molecule has 0 saturated heterocycles. The van der Waals surface area contributed by atoms with Crippen molar-refractivity contribution in [3.8, 4) is 0 Å². The molecule has 2 bridgehead atoms. The summed E-state index contributed by atoms with van der Waals surface area (Å²) in [4.78, 5) is 19.7. The Morgan fingerprint density at radius 2 is 2.22 bits per heavy atom. The van der Waals surface area contributed by atoms with E-state index in [9.17, 15) is 9.90 Å². The molecule has 4 unspecified atom stereocenters. The van der Waals surface area contributed by atoms with Gasteiger partial charge in [0.15, 0.2) is 0 Å². The molecule has 96 valence electrons. The van der Waals surface area contributed by atoms with Gasteiger partial charge in [-0.1, -0.05) is 0 Å². The molecule has 1 aromatic rings. The van der Waals surface area contributed by atoms with Crippen LogP contribution in [0.2, 0.25) is 0 Å². The highest BCUT2D eigenvalue weighted by molar-refractivity contribution is 5.73. The summed E-state index contributed by atoms with van der Waals surface area (Å²) in [6.45, 7) is 1.83. The fourth-order valence-corrected chi connectivity index (χ4v) is 3.56. The molecule has 18 heavy (non-hydrogen) atoms. The van der Waals surface area contributed by atoms with Crippen molar-refractivity contribution < 1.29 is 9.90 Å². The van der Waals surface area contributed by atoms with Gasteiger partial charge in [-0.15, -0.1) is 0 Å². The topological polar surface area (TPSA) is 75.1 Å².